The van der Waals surface area contributed by atoms with Gasteiger partial charge in [0.15, 0.2) is 0 Å². The van der Waals surface area contributed by atoms with E-state index in [2.05, 4.69) is 62.3 Å². The first-order valence-electron chi connectivity index (χ1n) is 7.71. The predicted molar refractivity (Wildman–Crippen MR) is 88.5 cm³/mol. The van der Waals surface area contributed by atoms with E-state index in [1.807, 2.05) is 12.3 Å². The molecule has 21 heavy (non-hydrogen) atoms. The SMILES string of the molecule is CCCNC(COC(C)(C)C)c1ccc2ncccc2c1. The van der Waals surface area contributed by atoms with E-state index >= 15 is 0 Å². The Kier molecular flexibility index (Phi) is 5.32. The maximum absolute atomic E-state index is 5.98. The van der Waals surface area contributed by atoms with Crippen molar-refractivity contribution in [3.8, 4) is 0 Å². The van der Waals surface area contributed by atoms with E-state index in [9.17, 15) is 0 Å². The normalized spacial score (nSPS) is 13.5. The number of fused-ring (bicyclic) bond motifs is 1. The summed E-state index contributed by atoms with van der Waals surface area (Å²) in [6, 6.07) is 10.7. The van der Waals surface area contributed by atoms with Crippen molar-refractivity contribution in [2.45, 2.75) is 45.8 Å². The average Bonchev–Trinajstić information content (AvgIpc) is 2.46. The Labute approximate surface area is 127 Å². The fourth-order valence-corrected chi connectivity index (χ4v) is 2.24. The summed E-state index contributed by atoms with van der Waals surface area (Å²) in [6.45, 7) is 10.1. The third-order valence-electron chi connectivity index (χ3n) is 3.35. The molecular formula is C18H26N2O. The Bertz CT molecular complexity index is 575. The molecule has 2 aromatic rings. The van der Waals surface area contributed by atoms with Crippen LogP contribution in [0.25, 0.3) is 10.9 Å². The second-order valence-electron chi connectivity index (χ2n) is 6.39. The number of ether oxygens (including phenoxy) is 1. The van der Waals surface area contributed by atoms with Crippen molar-refractivity contribution >= 4 is 10.9 Å². The number of pyridine rings is 1. The van der Waals surface area contributed by atoms with Crippen LogP contribution in [0.1, 0.15) is 45.7 Å². The number of benzene rings is 1. The lowest BCUT2D eigenvalue weighted by Gasteiger charge is -2.25. The summed E-state index contributed by atoms with van der Waals surface area (Å²) >= 11 is 0. The topological polar surface area (TPSA) is 34.1 Å². The summed E-state index contributed by atoms with van der Waals surface area (Å²) in [5, 5.41) is 4.75. The lowest BCUT2D eigenvalue weighted by atomic mass is 10.0. The highest BCUT2D eigenvalue weighted by Crippen LogP contribution is 2.21. The fraction of sp³-hybridized carbons (Fsp3) is 0.500. The minimum absolute atomic E-state index is 0.120. The maximum atomic E-state index is 5.98. The number of hydrogen-bond donors (Lipinski definition) is 1. The molecule has 1 aromatic carbocycles. The van der Waals surface area contributed by atoms with Crippen LogP contribution in [0.3, 0.4) is 0 Å². The maximum Gasteiger partial charge on any atom is 0.0702 e. The molecule has 0 spiro atoms. The van der Waals surface area contributed by atoms with Gasteiger partial charge in [-0.15, -0.1) is 0 Å². The highest BCUT2D eigenvalue weighted by Gasteiger charge is 2.17. The van der Waals surface area contributed by atoms with E-state index in [1.54, 1.807) is 0 Å². The van der Waals surface area contributed by atoms with Crippen molar-refractivity contribution in [3.63, 3.8) is 0 Å². The second-order valence-corrected chi connectivity index (χ2v) is 6.39. The minimum Gasteiger partial charge on any atom is -0.374 e. The van der Waals surface area contributed by atoms with Gasteiger partial charge in [0.05, 0.1) is 23.8 Å². The molecule has 0 amide bonds. The first kappa shape index (κ1) is 15.9. The molecule has 1 atom stereocenters. The molecule has 0 radical (unpaired) electrons. The van der Waals surface area contributed by atoms with E-state index in [4.69, 9.17) is 4.74 Å². The van der Waals surface area contributed by atoms with Crippen molar-refractivity contribution in [2.75, 3.05) is 13.2 Å². The number of nitrogens with one attached hydrogen (secondary N) is 1. The summed E-state index contributed by atoms with van der Waals surface area (Å²) in [4.78, 5) is 4.38. The quantitative estimate of drug-likeness (QED) is 0.868. The Hall–Kier alpha value is -1.45. The van der Waals surface area contributed by atoms with Crippen molar-refractivity contribution in [2.24, 2.45) is 0 Å². The van der Waals surface area contributed by atoms with Gasteiger partial charge in [-0.25, -0.2) is 0 Å². The molecule has 3 nitrogen and oxygen atoms in total. The smallest absolute Gasteiger partial charge is 0.0702 e. The molecular weight excluding hydrogens is 260 g/mol. The molecule has 0 aliphatic carbocycles. The van der Waals surface area contributed by atoms with Gasteiger partial charge < -0.3 is 10.1 Å². The van der Waals surface area contributed by atoms with E-state index in [-0.39, 0.29) is 11.6 Å². The standard InChI is InChI=1S/C18H26N2O/c1-5-10-19-17(13-21-18(2,3)4)15-8-9-16-14(12-15)7-6-11-20-16/h6-9,11-12,17,19H,5,10,13H2,1-4H3. The molecule has 1 unspecified atom stereocenters. The van der Waals surface area contributed by atoms with E-state index in [0.29, 0.717) is 6.61 Å². The molecule has 1 N–H and O–H groups in total. The molecule has 2 rings (SSSR count). The number of hydrogen-bond acceptors (Lipinski definition) is 3. The van der Waals surface area contributed by atoms with Crippen molar-refractivity contribution in [1.29, 1.82) is 0 Å². The van der Waals surface area contributed by atoms with Crippen LogP contribution in [0, 0.1) is 0 Å². The van der Waals surface area contributed by atoms with E-state index in [0.717, 1.165) is 18.5 Å². The highest BCUT2D eigenvalue weighted by atomic mass is 16.5. The van der Waals surface area contributed by atoms with E-state index < -0.39 is 0 Å². The van der Waals surface area contributed by atoms with Crippen LogP contribution in [-0.4, -0.2) is 23.7 Å². The third kappa shape index (κ3) is 4.80. The van der Waals surface area contributed by atoms with Crippen LogP contribution in [0.2, 0.25) is 0 Å². The molecule has 0 fully saturated rings. The Morgan fingerprint density at radius 2 is 2.05 bits per heavy atom. The zero-order valence-corrected chi connectivity index (χ0v) is 13.5. The summed E-state index contributed by atoms with van der Waals surface area (Å²) in [7, 11) is 0. The Balaban J connectivity index is 2.20. The van der Waals surface area contributed by atoms with Gasteiger partial charge in [-0.2, -0.15) is 0 Å². The summed E-state index contributed by atoms with van der Waals surface area (Å²) < 4.78 is 5.98. The first-order chi connectivity index (χ1) is 9.99. The van der Waals surface area contributed by atoms with Crippen LogP contribution in [-0.2, 0) is 4.74 Å². The summed E-state index contributed by atoms with van der Waals surface area (Å²) in [5.41, 5.74) is 2.17. The lowest BCUT2D eigenvalue weighted by Crippen LogP contribution is -2.30. The van der Waals surface area contributed by atoms with Gasteiger partial charge in [0, 0.05) is 11.6 Å². The number of nitrogens with zero attached hydrogens (tertiary/aromatic N) is 1. The largest absolute Gasteiger partial charge is 0.374 e. The molecule has 0 aliphatic heterocycles. The van der Waals surface area contributed by atoms with Gasteiger partial charge in [0.2, 0.25) is 0 Å². The minimum atomic E-state index is -0.120. The van der Waals surface area contributed by atoms with Crippen LogP contribution >= 0.6 is 0 Å². The molecule has 1 aromatic heterocycles. The van der Waals surface area contributed by atoms with Crippen molar-refractivity contribution in [3.05, 3.63) is 42.1 Å². The molecule has 114 valence electrons. The molecule has 0 bridgehead atoms. The van der Waals surface area contributed by atoms with Crippen LogP contribution in [0.15, 0.2) is 36.5 Å². The van der Waals surface area contributed by atoms with Gasteiger partial charge in [0.25, 0.3) is 0 Å². The van der Waals surface area contributed by atoms with E-state index in [1.165, 1.54) is 10.9 Å². The zero-order valence-electron chi connectivity index (χ0n) is 13.5. The summed E-state index contributed by atoms with van der Waals surface area (Å²) in [6.07, 6.45) is 2.94. The Morgan fingerprint density at radius 3 is 2.76 bits per heavy atom. The monoisotopic (exact) mass is 286 g/mol. The third-order valence-corrected chi connectivity index (χ3v) is 3.35. The summed E-state index contributed by atoms with van der Waals surface area (Å²) in [5.74, 6) is 0. The zero-order chi connectivity index (χ0) is 15.3. The Morgan fingerprint density at radius 1 is 1.24 bits per heavy atom. The molecule has 3 heteroatoms. The first-order valence-corrected chi connectivity index (χ1v) is 7.71. The predicted octanol–water partition coefficient (Wildman–Crippen LogP) is 4.09. The number of aromatic nitrogens is 1. The highest BCUT2D eigenvalue weighted by molar-refractivity contribution is 5.79. The van der Waals surface area contributed by atoms with Crippen LogP contribution < -0.4 is 5.32 Å². The van der Waals surface area contributed by atoms with Gasteiger partial charge in [-0.05, 0) is 57.5 Å². The fourth-order valence-electron chi connectivity index (χ4n) is 2.24. The molecule has 1 heterocycles. The second kappa shape index (κ2) is 7.01. The molecule has 0 aliphatic rings. The lowest BCUT2D eigenvalue weighted by molar-refractivity contribution is -0.0147. The molecule has 0 saturated carbocycles. The van der Waals surface area contributed by atoms with Crippen LogP contribution in [0.5, 0.6) is 0 Å². The number of rotatable bonds is 6. The van der Waals surface area contributed by atoms with Crippen molar-refractivity contribution in [1.82, 2.24) is 10.3 Å². The van der Waals surface area contributed by atoms with Gasteiger partial charge in [-0.1, -0.05) is 19.1 Å². The van der Waals surface area contributed by atoms with Gasteiger partial charge >= 0.3 is 0 Å². The van der Waals surface area contributed by atoms with Crippen LogP contribution in [0.4, 0.5) is 0 Å². The van der Waals surface area contributed by atoms with Crippen molar-refractivity contribution < 1.29 is 4.74 Å². The van der Waals surface area contributed by atoms with Gasteiger partial charge in [-0.3, -0.25) is 4.98 Å². The average molecular weight is 286 g/mol. The molecule has 0 saturated heterocycles. The van der Waals surface area contributed by atoms with Gasteiger partial charge in [0.1, 0.15) is 0 Å².